The van der Waals surface area contributed by atoms with Crippen LogP contribution >= 0.6 is 52.8 Å². The summed E-state index contributed by atoms with van der Waals surface area (Å²) in [7, 11) is 16.0. The molecule has 0 spiro atoms. The standard InChI is InChI=1S/3C18H33P.3ClH.Ru/c3*1-4-10-16(11-5-1)19(17-12-6-2-7-13-17)18-14-8-3-9-15-18;;;;/h3*16-18H,1-15H2;3*1H;/q;;;;;;+3/p-3. The summed E-state index contributed by atoms with van der Waals surface area (Å²) < 4.78 is 0. The molecule has 9 saturated carbocycles. The van der Waals surface area contributed by atoms with Crippen LogP contribution in [0, 0.1) is 0 Å². The van der Waals surface area contributed by atoms with Gasteiger partial charge in [0.1, 0.15) is 0 Å². The van der Waals surface area contributed by atoms with Crippen molar-refractivity contribution in [3.63, 3.8) is 0 Å². The Labute approximate surface area is 402 Å². The Morgan fingerprint density at radius 3 is 0.344 bits per heavy atom. The van der Waals surface area contributed by atoms with E-state index >= 15 is 0 Å². The normalized spacial score (nSPS) is 27.7. The van der Waals surface area contributed by atoms with Crippen LogP contribution in [-0.4, -0.2) is 50.9 Å². The van der Waals surface area contributed by atoms with Gasteiger partial charge >= 0.3 is 42.1 Å². The van der Waals surface area contributed by atoms with E-state index in [0.29, 0.717) is 23.8 Å². The monoisotopic (exact) mass is 1050 g/mol. The van der Waals surface area contributed by atoms with Crippen molar-refractivity contribution in [2.24, 2.45) is 0 Å². The molecule has 0 aromatic heterocycles. The molecular formula is C54H99Cl3P3Ru. The molecule has 7 heteroatoms. The second kappa shape index (κ2) is 31.8. The maximum atomic E-state index is 4.95. The van der Waals surface area contributed by atoms with Gasteiger partial charge < -0.3 is 0 Å². The molecule has 359 valence electrons. The Morgan fingerprint density at radius 1 is 0.180 bits per heavy atom. The second-order valence-electron chi connectivity index (χ2n) is 22.1. The molecule has 0 nitrogen and oxygen atoms in total. The zero-order valence-electron chi connectivity index (χ0n) is 39.8. The number of hydrogen-bond acceptors (Lipinski definition) is 0. The van der Waals surface area contributed by atoms with Crippen molar-refractivity contribution in [3.05, 3.63) is 0 Å². The molecule has 0 atom stereocenters. The first-order chi connectivity index (χ1) is 30.1. The summed E-state index contributed by atoms with van der Waals surface area (Å²) in [5.74, 6) is 0. The van der Waals surface area contributed by atoms with E-state index in [-0.39, 0.29) is 0 Å². The summed E-state index contributed by atoms with van der Waals surface area (Å²) in [5.41, 5.74) is 10.7. The minimum atomic E-state index is -1.75. The molecule has 0 N–H and O–H groups in total. The van der Waals surface area contributed by atoms with Gasteiger partial charge in [-0.2, -0.15) is 0 Å². The fourth-order valence-corrected chi connectivity index (χ4v) is 29.1. The van der Waals surface area contributed by atoms with Gasteiger partial charge in [0.05, 0.1) is 0 Å². The van der Waals surface area contributed by atoms with E-state index in [0.717, 1.165) is 0 Å². The third-order valence-corrected chi connectivity index (χ3v) is 30.2. The van der Waals surface area contributed by atoms with Gasteiger partial charge in [0, 0.05) is 0 Å². The molecular weight excluding hydrogens is 949 g/mol. The van der Waals surface area contributed by atoms with E-state index in [1.165, 1.54) is 109 Å². The summed E-state index contributed by atoms with van der Waals surface area (Å²) in [6.07, 6.45) is 70.9. The van der Waals surface area contributed by atoms with E-state index in [1.54, 1.807) is 231 Å². The molecule has 0 saturated heterocycles. The fraction of sp³-hybridized carbons (Fsp3) is 1.00. The van der Waals surface area contributed by atoms with E-state index in [9.17, 15) is 0 Å². The van der Waals surface area contributed by atoms with Crippen LogP contribution in [0.15, 0.2) is 0 Å². The van der Waals surface area contributed by atoms with Crippen LogP contribution < -0.4 is 0 Å². The quantitative estimate of drug-likeness (QED) is 0.159. The fourth-order valence-electron chi connectivity index (χ4n) is 15.1. The third kappa shape index (κ3) is 18.9. The topological polar surface area (TPSA) is 0 Å². The number of halogens is 3. The first-order valence-corrected chi connectivity index (χ1v) is 39.4. The van der Waals surface area contributed by atoms with Crippen LogP contribution in [0.25, 0.3) is 0 Å². The van der Waals surface area contributed by atoms with Crippen LogP contribution in [0.5, 0.6) is 0 Å². The van der Waals surface area contributed by atoms with Gasteiger partial charge in [-0.3, -0.25) is 0 Å². The van der Waals surface area contributed by atoms with Crippen molar-refractivity contribution in [2.75, 3.05) is 0 Å². The van der Waals surface area contributed by atoms with Gasteiger partial charge in [-0.15, -0.1) is 0 Å². The van der Waals surface area contributed by atoms with Gasteiger partial charge in [-0.25, -0.2) is 0 Å². The first kappa shape index (κ1) is 53.1. The molecule has 0 unspecified atom stereocenters. The Kier molecular flexibility index (Phi) is 27.7. The van der Waals surface area contributed by atoms with E-state index < -0.39 is 13.0 Å². The van der Waals surface area contributed by atoms with Gasteiger partial charge in [0.25, 0.3) is 0 Å². The molecule has 0 aromatic rings. The molecule has 0 aliphatic heterocycles. The maximum absolute atomic E-state index is 4.95. The van der Waals surface area contributed by atoms with E-state index in [4.69, 9.17) is 29.1 Å². The van der Waals surface area contributed by atoms with Crippen molar-refractivity contribution in [1.82, 2.24) is 0 Å². The van der Waals surface area contributed by atoms with Crippen LogP contribution in [0.3, 0.4) is 0 Å². The zero-order chi connectivity index (χ0) is 42.3. The van der Waals surface area contributed by atoms with Crippen LogP contribution in [0.4, 0.5) is 0 Å². The van der Waals surface area contributed by atoms with Crippen LogP contribution in [0.1, 0.15) is 289 Å². The molecule has 0 heterocycles. The SMILES string of the molecule is C1CCC(P(C2CCCCC2)C2CCCCC2)CC1.C1CCC(P(C2CCCCC2)C2CCCCC2)CC1.C1CCC(P(C2CCCCC2)C2CCCCC2)CC1.[Cl][Ru]([Cl])[Cl]. The number of rotatable bonds is 9. The molecule has 9 fully saturated rings. The third-order valence-electron chi connectivity index (χ3n) is 18.0. The van der Waals surface area contributed by atoms with Gasteiger partial charge in [0.2, 0.25) is 0 Å². The van der Waals surface area contributed by atoms with Crippen molar-refractivity contribution in [3.8, 4) is 0 Å². The zero-order valence-corrected chi connectivity index (χ0v) is 46.5. The second-order valence-corrected chi connectivity index (χ2v) is 39.3. The Bertz CT molecular complexity index is 800. The van der Waals surface area contributed by atoms with E-state index in [1.807, 2.05) is 0 Å². The predicted molar refractivity (Wildman–Crippen MR) is 280 cm³/mol. The van der Waals surface area contributed by atoms with Gasteiger partial charge in [0.15, 0.2) is 0 Å². The van der Waals surface area contributed by atoms with Gasteiger partial charge in [-0.1, -0.05) is 197 Å². The Hall–Kier alpha value is 2.78. The van der Waals surface area contributed by atoms with Crippen molar-refractivity contribution in [1.29, 1.82) is 0 Å². The first-order valence-electron chi connectivity index (χ1n) is 28.1. The predicted octanol–water partition coefficient (Wildman–Crippen LogP) is 21.5. The molecule has 9 aliphatic carbocycles. The average molecular weight is 1050 g/mol. The van der Waals surface area contributed by atoms with E-state index in [2.05, 4.69) is 0 Å². The minimum absolute atomic E-state index is 0.385. The van der Waals surface area contributed by atoms with Crippen molar-refractivity contribution < 1.29 is 13.0 Å². The van der Waals surface area contributed by atoms with Crippen molar-refractivity contribution in [2.45, 2.75) is 340 Å². The summed E-state index contributed by atoms with van der Waals surface area (Å²) >= 11 is -1.75. The molecule has 9 aliphatic rings. The van der Waals surface area contributed by atoms with Crippen LogP contribution in [0.2, 0.25) is 0 Å². The van der Waals surface area contributed by atoms with Crippen LogP contribution in [-0.2, 0) is 13.0 Å². The Balaban J connectivity index is 0.000000146. The molecule has 0 radical (unpaired) electrons. The molecule has 9 rings (SSSR count). The molecule has 0 amide bonds. The van der Waals surface area contributed by atoms with Crippen molar-refractivity contribution >= 4 is 52.8 Å². The molecule has 0 aromatic carbocycles. The summed E-state index contributed by atoms with van der Waals surface area (Å²) in [6, 6.07) is 0. The van der Waals surface area contributed by atoms with Gasteiger partial charge in [-0.05, 0) is 167 Å². The average Bonchev–Trinajstić information content (AvgIpc) is 3.33. The summed E-state index contributed by atoms with van der Waals surface area (Å²) in [6.45, 7) is 0. The molecule has 0 bridgehead atoms. The Morgan fingerprint density at radius 2 is 0.262 bits per heavy atom. The summed E-state index contributed by atoms with van der Waals surface area (Å²) in [5, 5.41) is 0. The molecule has 61 heavy (non-hydrogen) atoms. The summed E-state index contributed by atoms with van der Waals surface area (Å²) in [4.78, 5) is 0. The number of hydrogen-bond donors (Lipinski definition) is 0.